The zero-order valence-electron chi connectivity index (χ0n) is 15.3. The Balaban J connectivity index is 2.08. The largest absolute Gasteiger partial charge is 0.497 e. The first-order chi connectivity index (χ1) is 12.7. The molecular formula is C21H21NO4. The molecule has 26 heavy (non-hydrogen) atoms. The van der Waals surface area contributed by atoms with Crippen LogP contribution in [0.2, 0.25) is 0 Å². The van der Waals surface area contributed by atoms with Gasteiger partial charge in [-0.15, -0.1) is 0 Å². The van der Waals surface area contributed by atoms with Crippen LogP contribution in [0, 0.1) is 0 Å². The van der Waals surface area contributed by atoms with Crippen LogP contribution in [0.4, 0.5) is 0 Å². The van der Waals surface area contributed by atoms with Crippen LogP contribution in [0.3, 0.4) is 0 Å². The van der Waals surface area contributed by atoms with Crippen LogP contribution < -0.4 is 18.9 Å². The van der Waals surface area contributed by atoms with Crippen molar-refractivity contribution < 1.29 is 18.9 Å². The number of benzene rings is 2. The van der Waals surface area contributed by atoms with Crippen molar-refractivity contribution in [2.75, 3.05) is 28.4 Å². The summed E-state index contributed by atoms with van der Waals surface area (Å²) < 4.78 is 21.6. The lowest BCUT2D eigenvalue weighted by molar-refractivity contribution is 0.324. The van der Waals surface area contributed by atoms with E-state index in [0.29, 0.717) is 17.2 Å². The van der Waals surface area contributed by atoms with Gasteiger partial charge in [0.15, 0.2) is 11.5 Å². The third-order valence-corrected chi connectivity index (χ3v) is 4.14. The maximum Gasteiger partial charge on any atom is 0.203 e. The van der Waals surface area contributed by atoms with Crippen LogP contribution in [0.1, 0.15) is 0 Å². The van der Waals surface area contributed by atoms with Gasteiger partial charge < -0.3 is 18.9 Å². The molecule has 1 heterocycles. The normalized spacial score (nSPS) is 10.3. The highest BCUT2D eigenvalue weighted by molar-refractivity contribution is 5.75. The molecule has 0 aliphatic heterocycles. The van der Waals surface area contributed by atoms with Crippen molar-refractivity contribution in [3.8, 4) is 45.3 Å². The summed E-state index contributed by atoms with van der Waals surface area (Å²) in [6, 6.07) is 13.8. The van der Waals surface area contributed by atoms with Crippen molar-refractivity contribution >= 4 is 0 Å². The van der Waals surface area contributed by atoms with E-state index in [-0.39, 0.29) is 0 Å². The van der Waals surface area contributed by atoms with Gasteiger partial charge >= 0.3 is 0 Å². The Morgan fingerprint density at radius 1 is 0.615 bits per heavy atom. The van der Waals surface area contributed by atoms with Crippen LogP contribution in [-0.4, -0.2) is 33.4 Å². The van der Waals surface area contributed by atoms with Crippen molar-refractivity contribution in [2.24, 2.45) is 0 Å². The van der Waals surface area contributed by atoms with Gasteiger partial charge in [-0.1, -0.05) is 12.1 Å². The number of nitrogens with zero attached hydrogens (tertiary/aromatic N) is 1. The van der Waals surface area contributed by atoms with Gasteiger partial charge in [-0.2, -0.15) is 0 Å². The maximum absolute atomic E-state index is 5.44. The molecule has 0 unspecified atom stereocenters. The van der Waals surface area contributed by atoms with E-state index in [2.05, 4.69) is 11.1 Å². The van der Waals surface area contributed by atoms with Gasteiger partial charge in [-0.05, 0) is 41.5 Å². The van der Waals surface area contributed by atoms with Crippen LogP contribution in [0.25, 0.3) is 22.3 Å². The summed E-state index contributed by atoms with van der Waals surface area (Å²) in [5, 5.41) is 0. The standard InChI is InChI=1S/C21H21NO4/c1-23-18-7-5-6-14(9-18)16-8-17(13-22-12-16)15-10-19(24-2)21(26-4)20(11-15)25-3/h5-13H,1-4H3. The van der Waals surface area contributed by atoms with Gasteiger partial charge in [-0.3, -0.25) is 4.98 Å². The molecule has 3 aromatic rings. The highest BCUT2D eigenvalue weighted by Crippen LogP contribution is 2.41. The van der Waals surface area contributed by atoms with E-state index in [1.54, 1.807) is 28.4 Å². The second-order valence-electron chi connectivity index (χ2n) is 5.61. The average Bonchev–Trinajstić information content (AvgIpc) is 2.72. The molecule has 5 nitrogen and oxygen atoms in total. The van der Waals surface area contributed by atoms with E-state index in [9.17, 15) is 0 Å². The van der Waals surface area contributed by atoms with Gasteiger partial charge in [-0.25, -0.2) is 0 Å². The molecule has 0 aliphatic carbocycles. The molecule has 3 rings (SSSR count). The summed E-state index contributed by atoms with van der Waals surface area (Å²) in [5.41, 5.74) is 3.91. The van der Waals surface area contributed by atoms with Gasteiger partial charge in [0.1, 0.15) is 5.75 Å². The van der Waals surface area contributed by atoms with E-state index in [0.717, 1.165) is 28.0 Å². The predicted octanol–water partition coefficient (Wildman–Crippen LogP) is 4.45. The first-order valence-corrected chi connectivity index (χ1v) is 8.10. The Morgan fingerprint density at radius 3 is 1.85 bits per heavy atom. The number of rotatable bonds is 6. The fourth-order valence-electron chi connectivity index (χ4n) is 2.81. The molecule has 0 amide bonds. The second kappa shape index (κ2) is 7.78. The van der Waals surface area contributed by atoms with Crippen LogP contribution in [0.15, 0.2) is 54.9 Å². The lowest BCUT2D eigenvalue weighted by Gasteiger charge is -2.14. The number of hydrogen-bond donors (Lipinski definition) is 0. The maximum atomic E-state index is 5.44. The first kappa shape index (κ1) is 17.6. The highest BCUT2D eigenvalue weighted by Gasteiger charge is 2.14. The second-order valence-corrected chi connectivity index (χ2v) is 5.61. The van der Waals surface area contributed by atoms with E-state index in [4.69, 9.17) is 18.9 Å². The molecule has 134 valence electrons. The summed E-state index contributed by atoms with van der Waals surface area (Å²) in [6.07, 6.45) is 3.64. The minimum absolute atomic E-state index is 0.565. The number of methoxy groups -OCH3 is 4. The summed E-state index contributed by atoms with van der Waals surface area (Å²) in [7, 11) is 6.45. The van der Waals surface area contributed by atoms with Gasteiger partial charge in [0.25, 0.3) is 0 Å². The predicted molar refractivity (Wildman–Crippen MR) is 101 cm³/mol. The number of pyridine rings is 1. The van der Waals surface area contributed by atoms with E-state index in [1.165, 1.54) is 0 Å². The molecule has 1 aromatic heterocycles. The van der Waals surface area contributed by atoms with E-state index >= 15 is 0 Å². The van der Waals surface area contributed by atoms with Crippen LogP contribution in [-0.2, 0) is 0 Å². The molecule has 5 heteroatoms. The minimum atomic E-state index is 0.565. The highest BCUT2D eigenvalue weighted by atomic mass is 16.5. The van der Waals surface area contributed by atoms with Crippen LogP contribution in [0.5, 0.6) is 23.0 Å². The van der Waals surface area contributed by atoms with Crippen molar-refractivity contribution in [3.05, 3.63) is 54.9 Å². The SMILES string of the molecule is COc1cccc(-c2cncc(-c3cc(OC)c(OC)c(OC)c3)c2)c1. The van der Waals surface area contributed by atoms with Crippen molar-refractivity contribution in [3.63, 3.8) is 0 Å². The van der Waals surface area contributed by atoms with Crippen molar-refractivity contribution in [2.45, 2.75) is 0 Å². The summed E-state index contributed by atoms with van der Waals surface area (Å²) in [6.45, 7) is 0. The minimum Gasteiger partial charge on any atom is -0.497 e. The Labute approximate surface area is 153 Å². The average molecular weight is 351 g/mol. The number of ether oxygens (including phenoxy) is 4. The summed E-state index contributed by atoms with van der Waals surface area (Å²) >= 11 is 0. The molecule has 0 bridgehead atoms. The fourth-order valence-corrected chi connectivity index (χ4v) is 2.81. The third-order valence-electron chi connectivity index (χ3n) is 4.14. The van der Waals surface area contributed by atoms with E-state index < -0.39 is 0 Å². The van der Waals surface area contributed by atoms with Crippen molar-refractivity contribution in [1.29, 1.82) is 0 Å². The monoisotopic (exact) mass is 351 g/mol. The Bertz CT molecular complexity index is 883. The quantitative estimate of drug-likeness (QED) is 0.657. The fraction of sp³-hybridized carbons (Fsp3) is 0.190. The van der Waals surface area contributed by atoms with Gasteiger partial charge in [0.2, 0.25) is 5.75 Å². The molecule has 0 atom stereocenters. The van der Waals surface area contributed by atoms with E-state index in [1.807, 2.05) is 48.8 Å². The molecule has 0 spiro atoms. The number of aromatic nitrogens is 1. The number of hydrogen-bond acceptors (Lipinski definition) is 5. The zero-order chi connectivity index (χ0) is 18.5. The van der Waals surface area contributed by atoms with Crippen molar-refractivity contribution in [1.82, 2.24) is 4.98 Å². The first-order valence-electron chi connectivity index (χ1n) is 8.10. The Hall–Kier alpha value is -3.21. The molecule has 0 radical (unpaired) electrons. The Morgan fingerprint density at radius 2 is 1.27 bits per heavy atom. The molecule has 0 saturated carbocycles. The molecule has 2 aromatic carbocycles. The smallest absolute Gasteiger partial charge is 0.203 e. The lowest BCUT2D eigenvalue weighted by atomic mass is 10.0. The summed E-state index contributed by atoms with van der Waals surface area (Å²) in [5.74, 6) is 2.58. The summed E-state index contributed by atoms with van der Waals surface area (Å²) in [4.78, 5) is 4.39. The lowest BCUT2D eigenvalue weighted by Crippen LogP contribution is -1.96. The zero-order valence-corrected chi connectivity index (χ0v) is 15.3. The molecule has 0 saturated heterocycles. The Kier molecular flexibility index (Phi) is 5.27. The molecule has 0 fully saturated rings. The van der Waals surface area contributed by atoms with Crippen LogP contribution >= 0.6 is 0 Å². The molecular weight excluding hydrogens is 330 g/mol. The van der Waals surface area contributed by atoms with Gasteiger partial charge in [0.05, 0.1) is 28.4 Å². The van der Waals surface area contributed by atoms with Gasteiger partial charge in [0, 0.05) is 23.5 Å². The molecule has 0 aliphatic rings. The molecule has 0 N–H and O–H groups in total. The topological polar surface area (TPSA) is 49.8 Å². The third kappa shape index (κ3) is 3.42.